The molecular weight excluding hydrogens is 350 g/mol. The van der Waals surface area contributed by atoms with Gasteiger partial charge in [-0.25, -0.2) is 10.2 Å². The number of carbonyl (C=O) groups excluding carboxylic acids is 3. The number of rotatable bonds is 4. The number of hydrogen-bond donors (Lipinski definition) is 3. The molecule has 138 valence electrons. The monoisotopic (exact) mass is 367 g/mol. The van der Waals surface area contributed by atoms with Gasteiger partial charge >= 0.3 is 6.03 Å². The lowest BCUT2D eigenvalue weighted by Crippen LogP contribution is -2.49. The topological polar surface area (TPSA) is 110 Å². The summed E-state index contributed by atoms with van der Waals surface area (Å²) in [5, 5.41) is 2.80. The first-order valence-corrected chi connectivity index (χ1v) is 8.10. The Morgan fingerprint density at radius 1 is 1.00 bits per heavy atom. The van der Waals surface area contributed by atoms with Crippen LogP contribution in [-0.2, 0) is 4.79 Å². The van der Waals surface area contributed by atoms with Gasteiger partial charge in [-0.05, 0) is 30.7 Å². The molecule has 2 aromatic carbocycles. The van der Waals surface area contributed by atoms with E-state index in [1.807, 2.05) is 19.1 Å². The average molecular weight is 367 g/mol. The molecule has 1 heterocycles. The fourth-order valence-electron chi connectivity index (χ4n) is 2.31. The van der Waals surface area contributed by atoms with E-state index in [9.17, 15) is 14.4 Å². The summed E-state index contributed by atoms with van der Waals surface area (Å²) in [6.07, 6.45) is 0. The predicted octanol–water partition coefficient (Wildman–Crippen LogP) is 2.29. The number of furan rings is 1. The molecule has 0 bridgehead atoms. The third-order valence-electron chi connectivity index (χ3n) is 3.64. The van der Waals surface area contributed by atoms with Gasteiger partial charge in [0.05, 0.1) is 0 Å². The van der Waals surface area contributed by atoms with E-state index in [1.165, 1.54) is 6.07 Å². The van der Waals surface area contributed by atoms with Crippen LogP contribution < -0.4 is 20.9 Å². The SMILES string of the molecule is Cc1ccccc1OCC(=O)NNC(=O)NC(=O)c1cc2ccccc2o1. The summed E-state index contributed by atoms with van der Waals surface area (Å²) in [5.74, 6) is -0.753. The van der Waals surface area contributed by atoms with Crippen molar-refractivity contribution in [1.82, 2.24) is 16.2 Å². The van der Waals surface area contributed by atoms with Crippen molar-refractivity contribution in [2.75, 3.05) is 6.61 Å². The van der Waals surface area contributed by atoms with Crippen molar-refractivity contribution < 1.29 is 23.5 Å². The van der Waals surface area contributed by atoms with Gasteiger partial charge < -0.3 is 9.15 Å². The molecule has 27 heavy (non-hydrogen) atoms. The zero-order valence-electron chi connectivity index (χ0n) is 14.4. The fraction of sp³-hybridized carbons (Fsp3) is 0.105. The maximum atomic E-state index is 12.0. The number of carbonyl (C=O) groups is 3. The van der Waals surface area contributed by atoms with Crippen molar-refractivity contribution in [1.29, 1.82) is 0 Å². The standard InChI is InChI=1S/C19H17N3O5/c1-12-6-2-4-8-14(12)26-11-17(23)21-22-19(25)20-18(24)16-10-13-7-3-5-9-15(13)27-16/h2-10H,11H2,1H3,(H,21,23)(H2,20,22,24,25). The lowest BCUT2D eigenvalue weighted by Gasteiger charge is -2.10. The number of para-hydroxylation sites is 2. The van der Waals surface area contributed by atoms with Crippen molar-refractivity contribution in [2.24, 2.45) is 0 Å². The predicted molar refractivity (Wildman–Crippen MR) is 97.0 cm³/mol. The van der Waals surface area contributed by atoms with E-state index < -0.39 is 17.8 Å². The second kappa shape index (κ2) is 8.05. The van der Waals surface area contributed by atoms with Crippen LogP contribution in [0.1, 0.15) is 16.1 Å². The molecule has 0 saturated carbocycles. The minimum Gasteiger partial charge on any atom is -0.483 e. The molecule has 3 aromatic rings. The molecule has 1 aromatic heterocycles. The number of fused-ring (bicyclic) bond motifs is 1. The molecule has 0 fully saturated rings. The van der Waals surface area contributed by atoms with Crippen LogP contribution >= 0.6 is 0 Å². The Morgan fingerprint density at radius 2 is 1.74 bits per heavy atom. The Hall–Kier alpha value is -3.81. The normalized spacial score (nSPS) is 10.3. The Labute approximate surface area is 154 Å². The first kappa shape index (κ1) is 18.0. The second-order valence-electron chi connectivity index (χ2n) is 5.66. The van der Waals surface area contributed by atoms with Gasteiger partial charge in [0, 0.05) is 5.39 Å². The number of hydrogen-bond acceptors (Lipinski definition) is 5. The highest BCUT2D eigenvalue weighted by atomic mass is 16.5. The van der Waals surface area contributed by atoms with Gasteiger partial charge in [0.25, 0.3) is 11.8 Å². The maximum Gasteiger partial charge on any atom is 0.340 e. The quantitative estimate of drug-likeness (QED) is 0.613. The first-order valence-electron chi connectivity index (χ1n) is 8.10. The molecule has 0 unspecified atom stereocenters. The number of amides is 4. The Balaban J connectivity index is 1.45. The highest BCUT2D eigenvalue weighted by molar-refractivity contribution is 6.04. The molecule has 0 spiro atoms. The Bertz CT molecular complexity index is 963. The van der Waals surface area contributed by atoms with Gasteiger partial charge in [-0.3, -0.25) is 20.3 Å². The zero-order chi connectivity index (χ0) is 19.2. The van der Waals surface area contributed by atoms with Crippen LogP contribution in [0.15, 0.2) is 59.0 Å². The van der Waals surface area contributed by atoms with E-state index in [0.29, 0.717) is 11.3 Å². The zero-order valence-corrected chi connectivity index (χ0v) is 14.4. The molecule has 3 rings (SSSR count). The van der Waals surface area contributed by atoms with Gasteiger partial charge in [-0.15, -0.1) is 0 Å². The van der Waals surface area contributed by atoms with E-state index in [1.54, 1.807) is 36.4 Å². The largest absolute Gasteiger partial charge is 0.483 e. The molecule has 0 aliphatic rings. The van der Waals surface area contributed by atoms with Crippen molar-refractivity contribution in [3.05, 3.63) is 65.9 Å². The molecule has 8 heteroatoms. The molecule has 3 N–H and O–H groups in total. The minimum absolute atomic E-state index is 0.0134. The lowest BCUT2D eigenvalue weighted by atomic mass is 10.2. The third-order valence-corrected chi connectivity index (χ3v) is 3.64. The van der Waals surface area contributed by atoms with Crippen LogP contribution in [0, 0.1) is 6.92 Å². The Kier molecular flexibility index (Phi) is 5.36. The van der Waals surface area contributed by atoms with Crippen molar-refractivity contribution in [3.8, 4) is 5.75 Å². The van der Waals surface area contributed by atoms with Gasteiger partial charge in [-0.1, -0.05) is 36.4 Å². The fourth-order valence-corrected chi connectivity index (χ4v) is 2.31. The molecule has 0 saturated heterocycles. The molecule has 8 nitrogen and oxygen atoms in total. The van der Waals surface area contributed by atoms with Gasteiger partial charge in [-0.2, -0.15) is 0 Å². The molecule has 0 aliphatic carbocycles. The highest BCUT2D eigenvalue weighted by Gasteiger charge is 2.15. The number of aryl methyl sites for hydroxylation is 1. The highest BCUT2D eigenvalue weighted by Crippen LogP contribution is 2.18. The van der Waals surface area contributed by atoms with Crippen molar-refractivity contribution in [3.63, 3.8) is 0 Å². The number of hydrazine groups is 1. The second-order valence-corrected chi connectivity index (χ2v) is 5.66. The summed E-state index contributed by atoms with van der Waals surface area (Å²) in [6, 6.07) is 14.9. The number of ether oxygens (including phenoxy) is 1. The maximum absolute atomic E-state index is 12.0. The minimum atomic E-state index is -0.898. The van der Waals surface area contributed by atoms with Gasteiger partial charge in [0.15, 0.2) is 12.4 Å². The molecule has 0 radical (unpaired) electrons. The van der Waals surface area contributed by atoms with Crippen LogP contribution in [0.25, 0.3) is 11.0 Å². The lowest BCUT2D eigenvalue weighted by molar-refractivity contribution is -0.123. The van der Waals surface area contributed by atoms with E-state index >= 15 is 0 Å². The summed E-state index contributed by atoms with van der Waals surface area (Å²) < 4.78 is 10.7. The van der Waals surface area contributed by atoms with Crippen LogP contribution in [0.5, 0.6) is 5.75 Å². The summed E-state index contributed by atoms with van der Waals surface area (Å²) >= 11 is 0. The van der Waals surface area contributed by atoms with E-state index in [4.69, 9.17) is 9.15 Å². The molecule has 4 amide bonds. The summed E-state index contributed by atoms with van der Waals surface area (Å²) in [4.78, 5) is 35.5. The van der Waals surface area contributed by atoms with Crippen LogP contribution in [0.2, 0.25) is 0 Å². The number of urea groups is 1. The van der Waals surface area contributed by atoms with Gasteiger partial charge in [0.1, 0.15) is 11.3 Å². The van der Waals surface area contributed by atoms with Crippen molar-refractivity contribution >= 4 is 28.8 Å². The summed E-state index contributed by atoms with van der Waals surface area (Å²) in [7, 11) is 0. The number of nitrogens with one attached hydrogen (secondary N) is 3. The molecular formula is C19H17N3O5. The molecule has 0 aliphatic heterocycles. The third kappa shape index (κ3) is 4.63. The van der Waals surface area contributed by atoms with Crippen LogP contribution in [0.4, 0.5) is 4.79 Å². The van der Waals surface area contributed by atoms with E-state index in [2.05, 4.69) is 16.2 Å². The van der Waals surface area contributed by atoms with E-state index in [-0.39, 0.29) is 12.4 Å². The summed E-state index contributed by atoms with van der Waals surface area (Å²) in [6.45, 7) is 1.56. The van der Waals surface area contributed by atoms with Crippen LogP contribution in [-0.4, -0.2) is 24.5 Å². The smallest absolute Gasteiger partial charge is 0.340 e. The van der Waals surface area contributed by atoms with Gasteiger partial charge in [0.2, 0.25) is 0 Å². The van der Waals surface area contributed by atoms with Crippen molar-refractivity contribution in [2.45, 2.75) is 6.92 Å². The number of imide groups is 1. The first-order chi connectivity index (χ1) is 13.0. The molecule has 0 atom stereocenters. The summed E-state index contributed by atoms with van der Waals surface area (Å²) in [5.41, 5.74) is 5.64. The average Bonchev–Trinajstić information content (AvgIpc) is 3.10. The van der Waals surface area contributed by atoms with Crippen LogP contribution in [0.3, 0.4) is 0 Å². The van der Waals surface area contributed by atoms with E-state index in [0.717, 1.165) is 10.9 Å². The number of benzene rings is 2. The Morgan fingerprint density at radius 3 is 2.52 bits per heavy atom.